The first kappa shape index (κ1) is 29.1. The van der Waals surface area contributed by atoms with E-state index in [1.807, 2.05) is 72.8 Å². The molecule has 1 aliphatic heterocycles. The van der Waals surface area contributed by atoms with Crippen LogP contribution in [0.2, 0.25) is 0 Å². The summed E-state index contributed by atoms with van der Waals surface area (Å²) in [6, 6.07) is 24.4. The zero-order valence-electron chi connectivity index (χ0n) is 23.4. The number of rotatable bonds is 13. The van der Waals surface area contributed by atoms with Crippen molar-refractivity contribution in [3.05, 3.63) is 95.6 Å². The molecule has 1 fully saturated rings. The van der Waals surface area contributed by atoms with Gasteiger partial charge in [0.25, 0.3) is 0 Å². The fourth-order valence-corrected chi connectivity index (χ4v) is 4.88. The number of ether oxygens (including phenoxy) is 3. The van der Waals surface area contributed by atoms with Gasteiger partial charge in [0, 0.05) is 39.1 Å². The highest BCUT2D eigenvalue weighted by Gasteiger charge is 2.30. The Bertz CT molecular complexity index is 1220. The van der Waals surface area contributed by atoms with Crippen LogP contribution in [-0.4, -0.2) is 81.3 Å². The Balaban J connectivity index is 1.58. The summed E-state index contributed by atoms with van der Waals surface area (Å²) in [7, 11) is 3.15. The van der Waals surface area contributed by atoms with E-state index in [1.165, 1.54) is 0 Å². The molecule has 0 spiro atoms. The average Bonchev–Trinajstić information content (AvgIpc) is 3.00. The van der Waals surface area contributed by atoms with Crippen LogP contribution in [0.25, 0.3) is 0 Å². The maximum atomic E-state index is 14.0. The van der Waals surface area contributed by atoms with Crippen LogP contribution >= 0.6 is 0 Å². The highest BCUT2D eigenvalue weighted by Crippen LogP contribution is 2.28. The van der Waals surface area contributed by atoms with Gasteiger partial charge in [0.05, 0.1) is 33.9 Å². The predicted octanol–water partition coefficient (Wildman–Crippen LogP) is 3.33. The standard InChI is InChI=1S/C32H39N3O5/c1-38-29-14-13-27(22-30(29)39-2)23-31(36)35(24-26-11-7-4-8-12-26)28(21-25-9-5-3-6-10-25)32(37)33-15-16-34-17-19-40-20-18-34/h3-14,22,28H,15-21,23-24H2,1-2H3,(H,33,37)/t28-/m1/s1. The summed E-state index contributed by atoms with van der Waals surface area (Å²) < 4.78 is 16.2. The lowest BCUT2D eigenvalue weighted by Gasteiger charge is -2.32. The van der Waals surface area contributed by atoms with E-state index in [9.17, 15) is 9.59 Å². The molecule has 3 aromatic rings. The monoisotopic (exact) mass is 545 g/mol. The summed E-state index contributed by atoms with van der Waals surface area (Å²) in [4.78, 5) is 31.7. The first-order chi connectivity index (χ1) is 19.6. The molecular formula is C32H39N3O5. The Morgan fingerprint density at radius 2 is 1.52 bits per heavy atom. The molecule has 8 nitrogen and oxygen atoms in total. The minimum absolute atomic E-state index is 0.125. The van der Waals surface area contributed by atoms with Crippen molar-refractivity contribution in [1.29, 1.82) is 0 Å². The van der Waals surface area contributed by atoms with Crippen LogP contribution in [0.3, 0.4) is 0 Å². The Morgan fingerprint density at radius 3 is 2.17 bits per heavy atom. The van der Waals surface area contributed by atoms with E-state index in [1.54, 1.807) is 25.2 Å². The third-order valence-electron chi connectivity index (χ3n) is 7.10. The van der Waals surface area contributed by atoms with Gasteiger partial charge in [-0.15, -0.1) is 0 Å². The minimum Gasteiger partial charge on any atom is -0.493 e. The topological polar surface area (TPSA) is 80.3 Å². The molecule has 1 saturated heterocycles. The van der Waals surface area contributed by atoms with Crippen molar-refractivity contribution in [2.45, 2.75) is 25.4 Å². The molecule has 0 saturated carbocycles. The van der Waals surface area contributed by atoms with Gasteiger partial charge in [-0.1, -0.05) is 66.7 Å². The molecule has 8 heteroatoms. The van der Waals surface area contributed by atoms with Crippen LogP contribution in [0.4, 0.5) is 0 Å². The molecule has 1 atom stereocenters. The number of hydrogen-bond donors (Lipinski definition) is 1. The number of carbonyl (C=O) groups is 2. The molecule has 2 amide bonds. The lowest BCUT2D eigenvalue weighted by molar-refractivity contribution is -0.140. The second-order valence-corrected chi connectivity index (χ2v) is 9.82. The van der Waals surface area contributed by atoms with Gasteiger partial charge in [-0.25, -0.2) is 0 Å². The summed E-state index contributed by atoms with van der Waals surface area (Å²) in [5.41, 5.74) is 2.74. The number of benzene rings is 3. The molecule has 1 heterocycles. The van der Waals surface area contributed by atoms with Gasteiger partial charge in [-0.3, -0.25) is 14.5 Å². The second-order valence-electron chi connectivity index (χ2n) is 9.82. The van der Waals surface area contributed by atoms with Crippen molar-refractivity contribution in [3.8, 4) is 11.5 Å². The van der Waals surface area contributed by atoms with Gasteiger partial charge in [-0.2, -0.15) is 0 Å². The predicted molar refractivity (Wildman–Crippen MR) is 154 cm³/mol. The molecule has 0 unspecified atom stereocenters. The van der Waals surface area contributed by atoms with Gasteiger partial charge in [0.2, 0.25) is 11.8 Å². The van der Waals surface area contributed by atoms with Gasteiger partial charge in [0.1, 0.15) is 6.04 Å². The van der Waals surface area contributed by atoms with Crippen LogP contribution in [-0.2, 0) is 33.7 Å². The first-order valence-corrected chi connectivity index (χ1v) is 13.7. The van der Waals surface area contributed by atoms with Crippen LogP contribution in [0.1, 0.15) is 16.7 Å². The van der Waals surface area contributed by atoms with Crippen molar-refractivity contribution in [3.63, 3.8) is 0 Å². The first-order valence-electron chi connectivity index (χ1n) is 13.7. The summed E-state index contributed by atoms with van der Waals surface area (Å²) in [5, 5.41) is 3.12. The molecule has 0 aliphatic carbocycles. The summed E-state index contributed by atoms with van der Waals surface area (Å²) in [6.45, 7) is 4.70. The Kier molecular flexibility index (Phi) is 11.0. The highest BCUT2D eigenvalue weighted by atomic mass is 16.5. The van der Waals surface area contributed by atoms with E-state index in [-0.39, 0.29) is 18.2 Å². The number of morpholine rings is 1. The zero-order chi connectivity index (χ0) is 28.2. The third-order valence-corrected chi connectivity index (χ3v) is 7.10. The molecule has 0 radical (unpaired) electrons. The van der Waals surface area contributed by atoms with Crippen molar-refractivity contribution in [1.82, 2.24) is 15.1 Å². The number of methoxy groups -OCH3 is 2. The Hall–Kier alpha value is -3.88. The molecule has 4 rings (SSSR count). The number of nitrogens with zero attached hydrogens (tertiary/aromatic N) is 2. The fraction of sp³-hybridized carbons (Fsp3) is 0.375. The van der Waals surface area contributed by atoms with E-state index in [0.717, 1.165) is 36.3 Å². The number of hydrogen-bond acceptors (Lipinski definition) is 6. The van der Waals surface area contributed by atoms with E-state index in [2.05, 4.69) is 10.2 Å². The Morgan fingerprint density at radius 1 is 0.875 bits per heavy atom. The number of nitrogens with one attached hydrogen (secondary N) is 1. The molecule has 0 bridgehead atoms. The normalized spacial score (nSPS) is 14.2. The minimum atomic E-state index is -0.681. The SMILES string of the molecule is COc1ccc(CC(=O)N(Cc2ccccc2)[C@H](Cc2ccccc2)C(=O)NCCN2CCOCC2)cc1OC. The van der Waals surface area contributed by atoms with E-state index >= 15 is 0 Å². The van der Waals surface area contributed by atoms with Crippen LogP contribution in [0, 0.1) is 0 Å². The second kappa shape index (κ2) is 15.1. The van der Waals surface area contributed by atoms with E-state index in [4.69, 9.17) is 14.2 Å². The number of carbonyl (C=O) groups excluding carboxylic acids is 2. The quantitative estimate of drug-likeness (QED) is 0.355. The molecule has 40 heavy (non-hydrogen) atoms. The van der Waals surface area contributed by atoms with Gasteiger partial charge in [-0.05, 0) is 28.8 Å². The maximum absolute atomic E-state index is 14.0. The molecule has 3 aromatic carbocycles. The third kappa shape index (κ3) is 8.31. The van der Waals surface area contributed by atoms with Crippen molar-refractivity contribution >= 4 is 11.8 Å². The van der Waals surface area contributed by atoms with Gasteiger partial charge >= 0.3 is 0 Å². The lowest BCUT2D eigenvalue weighted by Crippen LogP contribution is -2.52. The average molecular weight is 546 g/mol. The van der Waals surface area contributed by atoms with Gasteiger partial charge < -0.3 is 24.4 Å². The summed E-state index contributed by atoms with van der Waals surface area (Å²) in [5.74, 6) is 0.861. The Labute approximate surface area is 236 Å². The molecule has 212 valence electrons. The molecule has 1 N–H and O–H groups in total. The largest absolute Gasteiger partial charge is 0.493 e. The fourth-order valence-electron chi connectivity index (χ4n) is 4.88. The molecular weight excluding hydrogens is 506 g/mol. The van der Waals surface area contributed by atoms with Crippen LogP contribution < -0.4 is 14.8 Å². The van der Waals surface area contributed by atoms with Crippen LogP contribution in [0.15, 0.2) is 78.9 Å². The van der Waals surface area contributed by atoms with E-state index in [0.29, 0.717) is 44.2 Å². The molecule has 0 aromatic heterocycles. The summed E-state index contributed by atoms with van der Waals surface area (Å²) in [6.07, 6.45) is 0.536. The van der Waals surface area contributed by atoms with Crippen molar-refractivity contribution < 1.29 is 23.8 Å². The van der Waals surface area contributed by atoms with Gasteiger partial charge in [0.15, 0.2) is 11.5 Å². The van der Waals surface area contributed by atoms with E-state index < -0.39 is 6.04 Å². The maximum Gasteiger partial charge on any atom is 0.243 e. The molecule has 1 aliphatic rings. The number of amides is 2. The zero-order valence-corrected chi connectivity index (χ0v) is 23.4. The smallest absolute Gasteiger partial charge is 0.243 e. The lowest BCUT2D eigenvalue weighted by atomic mass is 10.0. The highest BCUT2D eigenvalue weighted by molar-refractivity contribution is 5.89. The van der Waals surface area contributed by atoms with Crippen molar-refractivity contribution in [2.24, 2.45) is 0 Å². The van der Waals surface area contributed by atoms with Crippen molar-refractivity contribution in [2.75, 3.05) is 53.6 Å². The van der Waals surface area contributed by atoms with Crippen LogP contribution in [0.5, 0.6) is 11.5 Å². The summed E-state index contributed by atoms with van der Waals surface area (Å²) >= 11 is 0.